The molecule has 2 N–H and O–H groups in total. The minimum Gasteiger partial charge on any atom is -0.351 e. The van der Waals surface area contributed by atoms with Gasteiger partial charge in [-0.1, -0.05) is 48.5 Å². The number of nitrogens with one attached hydrogen (secondary N) is 2. The quantitative estimate of drug-likeness (QED) is 0.677. The Morgan fingerprint density at radius 1 is 0.933 bits per heavy atom. The first kappa shape index (κ1) is 19.8. The van der Waals surface area contributed by atoms with Crippen molar-refractivity contribution in [2.75, 3.05) is 32.7 Å². The van der Waals surface area contributed by atoms with E-state index >= 15 is 0 Å². The van der Waals surface area contributed by atoms with Crippen LogP contribution in [0.2, 0.25) is 0 Å². The number of piperazine rings is 1. The summed E-state index contributed by atoms with van der Waals surface area (Å²) in [7, 11) is 0. The van der Waals surface area contributed by atoms with Crippen LogP contribution in [0.3, 0.4) is 0 Å². The highest BCUT2D eigenvalue weighted by Gasteiger charge is 2.24. The van der Waals surface area contributed by atoms with Crippen molar-refractivity contribution in [2.45, 2.75) is 6.54 Å². The largest absolute Gasteiger partial charge is 0.351 e. The number of rotatable bonds is 5. The fourth-order valence-corrected chi connectivity index (χ4v) is 3.66. The molecule has 2 amide bonds. The maximum absolute atomic E-state index is 12.8. The standard InChI is InChI=1S/C23H24N4O3/c28-21(24-15-17-6-2-1-3-7-17)16-26-10-12-27(13-11-26)23(30)20-14-18-8-4-5-9-19(18)22(29)25-20/h1-9,14H,10-13,15-16H2,(H,24,28)(H,25,29). The summed E-state index contributed by atoms with van der Waals surface area (Å²) in [5, 5.41) is 4.25. The number of nitrogens with zero attached hydrogens (tertiary/aromatic N) is 2. The number of hydrogen-bond acceptors (Lipinski definition) is 4. The molecular formula is C23H24N4O3. The number of aromatic nitrogens is 1. The van der Waals surface area contributed by atoms with E-state index in [9.17, 15) is 14.4 Å². The molecule has 30 heavy (non-hydrogen) atoms. The fourth-order valence-electron chi connectivity index (χ4n) is 3.66. The van der Waals surface area contributed by atoms with Crippen molar-refractivity contribution in [1.29, 1.82) is 0 Å². The van der Waals surface area contributed by atoms with E-state index in [1.165, 1.54) is 0 Å². The molecule has 2 heterocycles. The second kappa shape index (κ2) is 8.92. The monoisotopic (exact) mass is 404 g/mol. The molecule has 154 valence electrons. The minimum atomic E-state index is -0.259. The zero-order valence-electron chi connectivity index (χ0n) is 16.6. The average molecular weight is 404 g/mol. The molecule has 7 nitrogen and oxygen atoms in total. The topological polar surface area (TPSA) is 85.5 Å². The molecule has 3 aromatic rings. The third-order valence-corrected chi connectivity index (χ3v) is 5.34. The average Bonchev–Trinajstić information content (AvgIpc) is 2.78. The molecule has 0 aliphatic carbocycles. The molecule has 4 rings (SSSR count). The fraction of sp³-hybridized carbons (Fsp3) is 0.261. The maximum atomic E-state index is 12.8. The van der Waals surface area contributed by atoms with Crippen LogP contribution in [-0.2, 0) is 11.3 Å². The van der Waals surface area contributed by atoms with Gasteiger partial charge in [0.2, 0.25) is 5.91 Å². The van der Waals surface area contributed by atoms with Crippen LogP contribution < -0.4 is 10.9 Å². The molecule has 0 atom stereocenters. The molecule has 1 aliphatic rings. The maximum Gasteiger partial charge on any atom is 0.270 e. The van der Waals surface area contributed by atoms with Gasteiger partial charge in [0.05, 0.1) is 6.54 Å². The summed E-state index contributed by atoms with van der Waals surface area (Å²) in [5.41, 5.74) is 1.10. The predicted molar refractivity (Wildman–Crippen MR) is 115 cm³/mol. The van der Waals surface area contributed by atoms with E-state index in [4.69, 9.17) is 0 Å². The van der Waals surface area contributed by atoms with Crippen LogP contribution >= 0.6 is 0 Å². The van der Waals surface area contributed by atoms with E-state index in [0.717, 1.165) is 10.9 Å². The van der Waals surface area contributed by atoms with Crippen LogP contribution in [0.4, 0.5) is 0 Å². The van der Waals surface area contributed by atoms with Gasteiger partial charge in [-0.15, -0.1) is 0 Å². The van der Waals surface area contributed by atoms with Crippen LogP contribution in [-0.4, -0.2) is 59.3 Å². The Hall–Kier alpha value is -3.45. The SMILES string of the molecule is O=C(CN1CCN(C(=O)c2cc3ccccc3c(=O)[nH]2)CC1)NCc1ccccc1. The second-order valence-electron chi connectivity index (χ2n) is 7.43. The lowest BCUT2D eigenvalue weighted by atomic mass is 10.1. The zero-order valence-corrected chi connectivity index (χ0v) is 16.6. The highest BCUT2D eigenvalue weighted by atomic mass is 16.2. The van der Waals surface area contributed by atoms with Gasteiger partial charge in [-0.25, -0.2) is 0 Å². The van der Waals surface area contributed by atoms with E-state index in [1.807, 2.05) is 47.4 Å². The number of carbonyl (C=O) groups excluding carboxylic acids is 2. The molecule has 1 aromatic heterocycles. The molecule has 7 heteroatoms. The zero-order chi connectivity index (χ0) is 20.9. The number of pyridine rings is 1. The number of fused-ring (bicyclic) bond motifs is 1. The van der Waals surface area contributed by atoms with E-state index < -0.39 is 0 Å². The first-order chi connectivity index (χ1) is 14.6. The summed E-state index contributed by atoms with van der Waals surface area (Å²) >= 11 is 0. The number of H-pyrrole nitrogens is 1. The highest BCUT2D eigenvalue weighted by Crippen LogP contribution is 2.12. The van der Waals surface area contributed by atoms with Gasteiger partial charge in [-0.05, 0) is 23.1 Å². The van der Waals surface area contributed by atoms with Crippen LogP contribution in [0.15, 0.2) is 65.5 Å². The Morgan fingerprint density at radius 2 is 1.63 bits per heavy atom. The Balaban J connectivity index is 1.30. The molecule has 0 radical (unpaired) electrons. The van der Waals surface area contributed by atoms with Crippen LogP contribution in [0, 0.1) is 0 Å². The van der Waals surface area contributed by atoms with Gasteiger partial charge in [-0.2, -0.15) is 0 Å². The van der Waals surface area contributed by atoms with Gasteiger partial charge in [0.15, 0.2) is 0 Å². The molecule has 2 aromatic carbocycles. The lowest BCUT2D eigenvalue weighted by molar-refractivity contribution is -0.122. The molecule has 0 bridgehead atoms. The molecule has 1 saturated heterocycles. The molecule has 0 unspecified atom stereocenters. The summed E-state index contributed by atoms with van der Waals surface area (Å²) < 4.78 is 0. The number of benzene rings is 2. The van der Waals surface area contributed by atoms with Crippen molar-refractivity contribution >= 4 is 22.6 Å². The van der Waals surface area contributed by atoms with Crippen molar-refractivity contribution in [3.8, 4) is 0 Å². The smallest absolute Gasteiger partial charge is 0.270 e. The van der Waals surface area contributed by atoms with Gasteiger partial charge in [0.1, 0.15) is 5.69 Å². The van der Waals surface area contributed by atoms with Gasteiger partial charge in [0.25, 0.3) is 11.5 Å². The normalized spacial score (nSPS) is 14.6. The number of amides is 2. The Labute approximate surface area is 174 Å². The lowest BCUT2D eigenvalue weighted by Crippen LogP contribution is -2.51. The molecule has 0 spiro atoms. The summed E-state index contributed by atoms with van der Waals surface area (Å²) in [6, 6.07) is 18.7. The predicted octanol–water partition coefficient (Wildman–Crippen LogP) is 1.60. The lowest BCUT2D eigenvalue weighted by Gasteiger charge is -2.34. The summed E-state index contributed by atoms with van der Waals surface area (Å²) in [4.78, 5) is 43.8. The minimum absolute atomic E-state index is 0.0301. The van der Waals surface area contributed by atoms with Crippen molar-refractivity contribution in [3.05, 3.63) is 82.3 Å². The van der Waals surface area contributed by atoms with Gasteiger partial charge >= 0.3 is 0 Å². The van der Waals surface area contributed by atoms with Crippen molar-refractivity contribution in [1.82, 2.24) is 20.1 Å². The Morgan fingerprint density at radius 3 is 2.40 bits per heavy atom. The second-order valence-corrected chi connectivity index (χ2v) is 7.43. The van der Waals surface area contributed by atoms with Gasteiger partial charge < -0.3 is 15.2 Å². The number of aromatic amines is 1. The summed E-state index contributed by atoms with van der Waals surface area (Å²) in [5.74, 6) is -0.219. The van der Waals surface area contributed by atoms with Crippen LogP contribution in [0.1, 0.15) is 16.1 Å². The first-order valence-electron chi connectivity index (χ1n) is 10.0. The van der Waals surface area contributed by atoms with Crippen molar-refractivity contribution < 1.29 is 9.59 Å². The molecular weight excluding hydrogens is 380 g/mol. The first-order valence-corrected chi connectivity index (χ1v) is 10.0. The van der Waals surface area contributed by atoms with E-state index in [-0.39, 0.29) is 17.4 Å². The van der Waals surface area contributed by atoms with E-state index in [2.05, 4.69) is 10.3 Å². The Bertz CT molecular complexity index is 1100. The van der Waals surface area contributed by atoms with E-state index in [1.54, 1.807) is 23.1 Å². The van der Waals surface area contributed by atoms with Gasteiger partial charge in [0, 0.05) is 38.1 Å². The molecule has 1 fully saturated rings. The highest BCUT2D eigenvalue weighted by molar-refractivity contribution is 5.96. The van der Waals surface area contributed by atoms with Crippen molar-refractivity contribution in [3.63, 3.8) is 0 Å². The van der Waals surface area contributed by atoms with Crippen LogP contribution in [0.5, 0.6) is 0 Å². The third kappa shape index (κ3) is 4.58. The van der Waals surface area contributed by atoms with Gasteiger partial charge in [-0.3, -0.25) is 19.3 Å². The third-order valence-electron chi connectivity index (χ3n) is 5.34. The van der Waals surface area contributed by atoms with E-state index in [0.29, 0.717) is 50.3 Å². The molecule has 1 aliphatic heterocycles. The van der Waals surface area contributed by atoms with Crippen LogP contribution in [0.25, 0.3) is 10.8 Å². The summed E-state index contributed by atoms with van der Waals surface area (Å²) in [6.07, 6.45) is 0. The van der Waals surface area contributed by atoms with Crippen molar-refractivity contribution in [2.24, 2.45) is 0 Å². The summed E-state index contributed by atoms with van der Waals surface area (Å²) in [6.45, 7) is 3.07. The molecule has 0 saturated carbocycles. The number of carbonyl (C=O) groups is 2. The Kier molecular flexibility index (Phi) is 5.90. The number of hydrogen-bond donors (Lipinski definition) is 2.